The van der Waals surface area contributed by atoms with Gasteiger partial charge in [-0.3, -0.25) is 9.78 Å². The van der Waals surface area contributed by atoms with E-state index in [2.05, 4.69) is 53.5 Å². The third-order valence-corrected chi connectivity index (χ3v) is 8.63. The van der Waals surface area contributed by atoms with E-state index in [0.717, 1.165) is 48.8 Å². The Morgan fingerprint density at radius 2 is 1.56 bits per heavy atom. The predicted octanol–water partition coefficient (Wildman–Crippen LogP) is 8.95. The summed E-state index contributed by atoms with van der Waals surface area (Å²) in [5, 5.41) is 0. The second-order valence-electron chi connectivity index (χ2n) is 11.6. The molecule has 0 spiro atoms. The highest BCUT2D eigenvalue weighted by Gasteiger charge is 2.19. The summed E-state index contributed by atoms with van der Waals surface area (Å²) in [6.45, 7) is 0. The lowest BCUT2D eigenvalue weighted by atomic mass is 9.91. The summed E-state index contributed by atoms with van der Waals surface area (Å²) in [4.78, 5) is 16.9. The summed E-state index contributed by atoms with van der Waals surface area (Å²) in [6, 6.07) is 23.0. The SMILES string of the molecule is O=C1C=C(Oc2cccc(CCCC3CCCC(CCCc4ccccn4)CC3)c2)c2ccccc2CCC1. The Hall–Kier alpha value is -3.20. The zero-order valence-electron chi connectivity index (χ0n) is 23.3. The molecule has 1 fully saturated rings. The van der Waals surface area contributed by atoms with Crippen LogP contribution in [0.25, 0.3) is 5.76 Å². The van der Waals surface area contributed by atoms with Gasteiger partial charge in [0.25, 0.3) is 0 Å². The van der Waals surface area contributed by atoms with Crippen LogP contribution in [0.1, 0.15) is 93.0 Å². The van der Waals surface area contributed by atoms with Crippen LogP contribution in [0.2, 0.25) is 0 Å². The van der Waals surface area contributed by atoms with Crippen molar-refractivity contribution in [3.05, 3.63) is 101 Å². The van der Waals surface area contributed by atoms with Crippen LogP contribution in [0.4, 0.5) is 0 Å². The molecule has 2 aliphatic carbocycles. The summed E-state index contributed by atoms with van der Waals surface area (Å²) >= 11 is 0. The minimum Gasteiger partial charge on any atom is -0.457 e. The number of benzene rings is 2. The van der Waals surface area contributed by atoms with Crippen molar-refractivity contribution in [3.8, 4) is 5.75 Å². The van der Waals surface area contributed by atoms with Gasteiger partial charge in [-0.25, -0.2) is 0 Å². The van der Waals surface area contributed by atoms with E-state index < -0.39 is 0 Å². The summed E-state index contributed by atoms with van der Waals surface area (Å²) in [5.41, 5.74) is 4.85. The van der Waals surface area contributed by atoms with Crippen LogP contribution < -0.4 is 4.74 Å². The summed E-state index contributed by atoms with van der Waals surface area (Å²) in [7, 11) is 0. The van der Waals surface area contributed by atoms with E-state index in [0.29, 0.717) is 12.2 Å². The number of carbonyl (C=O) groups excluding carboxylic acids is 1. The fourth-order valence-electron chi connectivity index (χ4n) is 6.45. The molecular weight excluding hydrogens is 478 g/mol. The maximum atomic E-state index is 12.4. The Morgan fingerprint density at radius 3 is 2.38 bits per heavy atom. The van der Waals surface area contributed by atoms with E-state index in [-0.39, 0.29) is 5.78 Å². The lowest BCUT2D eigenvalue weighted by molar-refractivity contribution is -0.114. The molecule has 0 saturated heterocycles. The molecule has 1 aromatic heterocycles. The molecule has 1 heterocycles. The number of hydrogen-bond acceptors (Lipinski definition) is 3. The first-order valence-corrected chi connectivity index (χ1v) is 15.2. The molecular formula is C36H43NO2. The van der Waals surface area contributed by atoms with Crippen LogP contribution in [-0.4, -0.2) is 10.8 Å². The van der Waals surface area contributed by atoms with Gasteiger partial charge in [0, 0.05) is 30.0 Å². The van der Waals surface area contributed by atoms with Gasteiger partial charge in [0.1, 0.15) is 11.5 Å². The molecule has 5 rings (SSSR count). The highest BCUT2D eigenvalue weighted by Crippen LogP contribution is 2.33. The summed E-state index contributed by atoms with van der Waals surface area (Å²) in [6.07, 6.45) is 20.3. The van der Waals surface area contributed by atoms with Crippen molar-refractivity contribution in [2.75, 3.05) is 0 Å². The molecule has 0 radical (unpaired) electrons. The van der Waals surface area contributed by atoms with Gasteiger partial charge in [-0.2, -0.15) is 0 Å². The van der Waals surface area contributed by atoms with Gasteiger partial charge >= 0.3 is 0 Å². The number of aromatic nitrogens is 1. The van der Waals surface area contributed by atoms with Crippen LogP contribution in [0, 0.1) is 11.8 Å². The lowest BCUT2D eigenvalue weighted by Gasteiger charge is -2.17. The molecule has 0 aliphatic heterocycles. The predicted molar refractivity (Wildman–Crippen MR) is 160 cm³/mol. The van der Waals surface area contributed by atoms with Crippen molar-refractivity contribution in [1.82, 2.24) is 4.98 Å². The van der Waals surface area contributed by atoms with Crippen molar-refractivity contribution in [1.29, 1.82) is 0 Å². The summed E-state index contributed by atoms with van der Waals surface area (Å²) < 4.78 is 6.35. The van der Waals surface area contributed by atoms with Gasteiger partial charge < -0.3 is 4.74 Å². The zero-order chi connectivity index (χ0) is 26.7. The van der Waals surface area contributed by atoms with Gasteiger partial charge in [-0.05, 0) is 85.8 Å². The fourth-order valence-corrected chi connectivity index (χ4v) is 6.45. The Morgan fingerprint density at radius 1 is 0.769 bits per heavy atom. The van der Waals surface area contributed by atoms with E-state index >= 15 is 0 Å². The van der Waals surface area contributed by atoms with Gasteiger partial charge in [-0.1, -0.05) is 87.4 Å². The molecule has 1 saturated carbocycles. The molecule has 2 unspecified atom stereocenters. The van der Waals surface area contributed by atoms with Crippen LogP contribution >= 0.6 is 0 Å². The van der Waals surface area contributed by atoms with Crippen LogP contribution in [0.3, 0.4) is 0 Å². The van der Waals surface area contributed by atoms with E-state index in [1.165, 1.54) is 74.6 Å². The number of fused-ring (bicyclic) bond motifs is 1. The second-order valence-corrected chi connectivity index (χ2v) is 11.6. The number of hydrogen-bond donors (Lipinski definition) is 0. The Kier molecular flexibility index (Phi) is 10.0. The van der Waals surface area contributed by atoms with Crippen molar-refractivity contribution < 1.29 is 9.53 Å². The maximum Gasteiger partial charge on any atom is 0.159 e. The third kappa shape index (κ3) is 8.39. The first-order chi connectivity index (χ1) is 19.2. The first kappa shape index (κ1) is 27.4. The number of ether oxygens (including phenoxy) is 1. The number of ketones is 1. The number of aryl methyl sites for hydroxylation is 3. The molecule has 2 aromatic carbocycles. The van der Waals surface area contributed by atoms with Gasteiger partial charge in [0.05, 0.1) is 0 Å². The lowest BCUT2D eigenvalue weighted by Crippen LogP contribution is -2.07. The summed E-state index contributed by atoms with van der Waals surface area (Å²) in [5.74, 6) is 3.42. The first-order valence-electron chi connectivity index (χ1n) is 15.2. The monoisotopic (exact) mass is 521 g/mol. The molecule has 0 amide bonds. The van der Waals surface area contributed by atoms with E-state index in [4.69, 9.17) is 4.74 Å². The topological polar surface area (TPSA) is 39.2 Å². The molecule has 0 N–H and O–H groups in total. The van der Waals surface area contributed by atoms with Gasteiger partial charge in [-0.15, -0.1) is 0 Å². The van der Waals surface area contributed by atoms with Crippen molar-refractivity contribution in [3.63, 3.8) is 0 Å². The van der Waals surface area contributed by atoms with Crippen molar-refractivity contribution in [2.24, 2.45) is 11.8 Å². The Bertz CT molecular complexity index is 1230. The number of pyridine rings is 1. The second kappa shape index (κ2) is 14.3. The molecule has 3 aromatic rings. The molecule has 204 valence electrons. The number of rotatable bonds is 10. The molecule has 3 heteroatoms. The number of allylic oxidation sites excluding steroid dienone is 1. The van der Waals surface area contributed by atoms with Crippen LogP contribution in [0.15, 0.2) is 79.0 Å². The van der Waals surface area contributed by atoms with Crippen LogP contribution in [-0.2, 0) is 24.1 Å². The van der Waals surface area contributed by atoms with Crippen LogP contribution in [0.5, 0.6) is 5.75 Å². The smallest absolute Gasteiger partial charge is 0.159 e. The average Bonchev–Trinajstić information content (AvgIpc) is 3.18. The zero-order valence-corrected chi connectivity index (χ0v) is 23.3. The molecule has 0 bridgehead atoms. The third-order valence-electron chi connectivity index (χ3n) is 8.63. The molecule has 2 aliphatic rings. The Labute approximate surface area is 234 Å². The van der Waals surface area contributed by atoms with Gasteiger partial charge in [0.2, 0.25) is 0 Å². The van der Waals surface area contributed by atoms with Gasteiger partial charge in [0.15, 0.2) is 5.78 Å². The van der Waals surface area contributed by atoms with E-state index in [1.807, 2.05) is 24.4 Å². The Balaban J connectivity index is 1.09. The molecule has 3 nitrogen and oxygen atoms in total. The largest absolute Gasteiger partial charge is 0.457 e. The molecule has 2 atom stereocenters. The average molecular weight is 522 g/mol. The minimum atomic E-state index is 0.148. The van der Waals surface area contributed by atoms with Crippen molar-refractivity contribution in [2.45, 2.75) is 89.9 Å². The standard InChI is InChI=1S/C36H43NO2/c38-33-20-9-17-31-16-1-2-22-35(31)36(27-33)39-34-21-8-15-30(26-34)14-6-12-28-10-5-11-29(24-23-28)13-7-19-32-18-3-4-25-37-32/h1-4,8,15-16,18,21-22,25-29H,5-7,9-14,17,19-20,23-24H2. The highest BCUT2D eigenvalue weighted by molar-refractivity contribution is 5.96. The van der Waals surface area contributed by atoms with E-state index in [9.17, 15) is 4.79 Å². The maximum absolute atomic E-state index is 12.4. The normalized spacial score (nSPS) is 19.8. The van der Waals surface area contributed by atoms with E-state index in [1.54, 1.807) is 6.08 Å². The number of carbonyl (C=O) groups is 1. The minimum absolute atomic E-state index is 0.148. The highest BCUT2D eigenvalue weighted by atomic mass is 16.5. The quantitative estimate of drug-likeness (QED) is 0.250. The van der Waals surface area contributed by atoms with Crippen molar-refractivity contribution >= 4 is 11.5 Å². The molecule has 39 heavy (non-hydrogen) atoms. The fraction of sp³-hybridized carbons (Fsp3) is 0.444. The number of nitrogens with zero attached hydrogens (tertiary/aromatic N) is 1.